The number of nitrogens with zero attached hydrogens (tertiary/aromatic N) is 1. The molecule has 0 unspecified atom stereocenters. The van der Waals surface area contributed by atoms with E-state index in [1.807, 2.05) is 54.3 Å². The number of anilines is 1. The van der Waals surface area contributed by atoms with E-state index in [4.69, 9.17) is 17.0 Å². The molecule has 0 saturated carbocycles. The minimum atomic E-state index is -0.300. The van der Waals surface area contributed by atoms with E-state index < -0.39 is 0 Å². The first-order valence-electron chi connectivity index (χ1n) is 10.5. The number of pyridine rings is 1. The summed E-state index contributed by atoms with van der Waals surface area (Å²) in [4.78, 5) is 17.6. The molecule has 0 aliphatic rings. The van der Waals surface area contributed by atoms with E-state index in [0.717, 1.165) is 27.7 Å². The van der Waals surface area contributed by atoms with E-state index >= 15 is 0 Å². The van der Waals surface area contributed by atoms with Gasteiger partial charge in [-0.2, -0.15) is 0 Å². The van der Waals surface area contributed by atoms with E-state index in [1.54, 1.807) is 25.3 Å². The highest BCUT2D eigenvalue weighted by molar-refractivity contribution is 7.80. The van der Waals surface area contributed by atoms with Gasteiger partial charge in [0.2, 0.25) is 0 Å². The Morgan fingerprint density at radius 3 is 2.58 bits per heavy atom. The molecule has 0 aliphatic heterocycles. The topological polar surface area (TPSA) is 57.4 Å². The second-order valence-electron chi connectivity index (χ2n) is 7.86. The van der Waals surface area contributed by atoms with E-state index in [9.17, 15) is 9.18 Å². The van der Waals surface area contributed by atoms with Gasteiger partial charge in [-0.15, -0.1) is 0 Å². The van der Waals surface area contributed by atoms with Crippen LogP contribution in [0.4, 0.5) is 10.1 Å². The van der Waals surface area contributed by atoms with Crippen LogP contribution in [0.2, 0.25) is 0 Å². The van der Waals surface area contributed by atoms with Crippen molar-refractivity contribution in [1.82, 2.24) is 9.88 Å². The zero-order valence-electron chi connectivity index (χ0n) is 18.4. The fourth-order valence-corrected chi connectivity index (χ4v) is 3.86. The Balaban J connectivity index is 1.66. The summed E-state index contributed by atoms with van der Waals surface area (Å²) in [5, 5.41) is 4.59. The Morgan fingerprint density at radius 2 is 1.85 bits per heavy atom. The molecule has 0 atom stereocenters. The van der Waals surface area contributed by atoms with Crippen LogP contribution in [0, 0.1) is 12.7 Å². The molecule has 33 heavy (non-hydrogen) atoms. The lowest BCUT2D eigenvalue weighted by Crippen LogP contribution is -2.35. The van der Waals surface area contributed by atoms with Gasteiger partial charge in [-0.25, -0.2) is 4.39 Å². The molecule has 1 heterocycles. The fourth-order valence-electron chi connectivity index (χ4n) is 3.62. The Kier molecular flexibility index (Phi) is 6.70. The molecule has 1 aromatic heterocycles. The Hall–Kier alpha value is -3.71. The van der Waals surface area contributed by atoms with Crippen LogP contribution in [-0.4, -0.2) is 22.1 Å². The van der Waals surface area contributed by atoms with Crippen LogP contribution in [-0.2, 0) is 13.1 Å². The Morgan fingerprint density at radius 1 is 1.06 bits per heavy atom. The average molecular weight is 462 g/mol. The van der Waals surface area contributed by atoms with Crippen LogP contribution in [0.3, 0.4) is 0 Å². The molecule has 0 fully saturated rings. The quantitative estimate of drug-likeness (QED) is 0.378. The zero-order valence-corrected chi connectivity index (χ0v) is 19.2. The Labute approximate surface area is 196 Å². The molecule has 0 saturated heterocycles. The number of rotatable bonds is 6. The molecular weight excluding hydrogens is 437 g/mol. The van der Waals surface area contributed by atoms with Gasteiger partial charge in [0.25, 0.3) is 5.56 Å². The molecule has 0 radical (unpaired) electrons. The van der Waals surface area contributed by atoms with Gasteiger partial charge in [0.05, 0.1) is 13.7 Å². The number of nitrogens with one attached hydrogen (secondary N) is 2. The molecule has 0 bridgehead atoms. The van der Waals surface area contributed by atoms with Crippen LogP contribution < -0.4 is 15.6 Å². The summed E-state index contributed by atoms with van der Waals surface area (Å²) in [6.45, 7) is 2.69. The largest absolute Gasteiger partial charge is 0.497 e. The van der Waals surface area contributed by atoms with Gasteiger partial charge in [0.15, 0.2) is 5.11 Å². The van der Waals surface area contributed by atoms with Gasteiger partial charge in [0, 0.05) is 28.7 Å². The monoisotopic (exact) mass is 461 g/mol. The predicted molar refractivity (Wildman–Crippen MR) is 134 cm³/mol. The number of methoxy groups -OCH3 is 1. The first-order valence-corrected chi connectivity index (χ1v) is 10.9. The van der Waals surface area contributed by atoms with E-state index in [0.29, 0.717) is 23.0 Å². The van der Waals surface area contributed by atoms with Crippen molar-refractivity contribution in [1.29, 1.82) is 0 Å². The second-order valence-corrected chi connectivity index (χ2v) is 8.25. The number of aromatic nitrogens is 1. The van der Waals surface area contributed by atoms with Crippen LogP contribution in [0.1, 0.15) is 16.7 Å². The number of aromatic amines is 1. The van der Waals surface area contributed by atoms with Gasteiger partial charge < -0.3 is 19.9 Å². The third-order valence-corrected chi connectivity index (χ3v) is 5.69. The number of benzene rings is 3. The summed E-state index contributed by atoms with van der Waals surface area (Å²) in [6, 6.07) is 21.5. The van der Waals surface area contributed by atoms with Gasteiger partial charge in [-0.1, -0.05) is 24.3 Å². The summed E-state index contributed by atoms with van der Waals surface area (Å²) in [6.07, 6.45) is 0. The molecule has 0 amide bonds. The van der Waals surface area contributed by atoms with Crippen LogP contribution in [0.15, 0.2) is 77.6 Å². The number of aryl methyl sites for hydroxylation is 1. The number of H-pyrrole nitrogens is 1. The highest BCUT2D eigenvalue weighted by Crippen LogP contribution is 2.20. The second kappa shape index (κ2) is 9.83. The highest BCUT2D eigenvalue weighted by atomic mass is 32.1. The minimum absolute atomic E-state index is 0.185. The number of hydrogen-bond donors (Lipinski definition) is 2. The molecule has 4 aromatic rings. The molecule has 2 N–H and O–H groups in total. The minimum Gasteiger partial charge on any atom is -0.497 e. The lowest BCUT2D eigenvalue weighted by molar-refractivity contribution is 0.410. The Bertz CT molecular complexity index is 1350. The lowest BCUT2D eigenvalue weighted by atomic mass is 10.1. The van der Waals surface area contributed by atoms with Gasteiger partial charge in [-0.3, -0.25) is 4.79 Å². The van der Waals surface area contributed by atoms with Crippen molar-refractivity contribution in [2.24, 2.45) is 0 Å². The first-order chi connectivity index (χ1) is 15.9. The molecule has 7 heteroatoms. The van der Waals surface area contributed by atoms with Crippen molar-refractivity contribution in [3.8, 4) is 5.75 Å². The average Bonchev–Trinajstić information content (AvgIpc) is 2.80. The van der Waals surface area contributed by atoms with Gasteiger partial charge >= 0.3 is 0 Å². The fraction of sp³-hybridized carbons (Fsp3) is 0.154. The third kappa shape index (κ3) is 5.56. The molecular formula is C26H24FN3O2S. The van der Waals surface area contributed by atoms with Crippen molar-refractivity contribution in [2.45, 2.75) is 20.0 Å². The summed E-state index contributed by atoms with van der Waals surface area (Å²) < 4.78 is 18.7. The van der Waals surface area contributed by atoms with Crippen molar-refractivity contribution in [3.05, 3.63) is 106 Å². The van der Waals surface area contributed by atoms with Crippen LogP contribution >= 0.6 is 12.2 Å². The van der Waals surface area contributed by atoms with Crippen LogP contribution in [0.5, 0.6) is 5.75 Å². The maximum absolute atomic E-state index is 13.4. The number of fused-ring (bicyclic) bond motifs is 1. The normalized spacial score (nSPS) is 10.8. The van der Waals surface area contributed by atoms with E-state index in [-0.39, 0.29) is 17.9 Å². The van der Waals surface area contributed by atoms with Gasteiger partial charge in [0.1, 0.15) is 11.6 Å². The number of halogens is 1. The van der Waals surface area contributed by atoms with Crippen molar-refractivity contribution in [3.63, 3.8) is 0 Å². The molecule has 5 nitrogen and oxygen atoms in total. The SMILES string of the molecule is COc1ccc2[nH]c(=O)c(CN(Cc3ccc(F)cc3)C(=S)Nc3cccc(C)c3)cc2c1. The third-order valence-electron chi connectivity index (χ3n) is 5.33. The van der Waals surface area contributed by atoms with Crippen molar-refractivity contribution in [2.75, 3.05) is 12.4 Å². The maximum Gasteiger partial charge on any atom is 0.253 e. The number of thiocarbonyl (C=S) groups is 1. The number of ether oxygens (including phenoxy) is 1. The van der Waals surface area contributed by atoms with Crippen molar-refractivity contribution < 1.29 is 9.13 Å². The first kappa shape index (κ1) is 22.5. The van der Waals surface area contributed by atoms with E-state index in [2.05, 4.69) is 10.3 Å². The van der Waals surface area contributed by atoms with Crippen LogP contribution in [0.25, 0.3) is 10.9 Å². The lowest BCUT2D eigenvalue weighted by Gasteiger charge is -2.26. The summed E-state index contributed by atoms with van der Waals surface area (Å²) in [7, 11) is 1.60. The van der Waals surface area contributed by atoms with Gasteiger partial charge in [-0.05, 0) is 78.8 Å². The summed E-state index contributed by atoms with van der Waals surface area (Å²) in [5.74, 6) is 0.408. The summed E-state index contributed by atoms with van der Waals surface area (Å²) >= 11 is 5.71. The summed E-state index contributed by atoms with van der Waals surface area (Å²) in [5.41, 5.74) is 3.95. The molecule has 0 spiro atoms. The van der Waals surface area contributed by atoms with Crippen molar-refractivity contribution >= 4 is 33.9 Å². The smallest absolute Gasteiger partial charge is 0.253 e. The maximum atomic E-state index is 13.4. The predicted octanol–water partition coefficient (Wildman–Crippen LogP) is 5.38. The molecule has 168 valence electrons. The molecule has 0 aliphatic carbocycles. The molecule has 3 aromatic carbocycles. The number of hydrogen-bond acceptors (Lipinski definition) is 3. The van der Waals surface area contributed by atoms with E-state index in [1.165, 1.54) is 12.1 Å². The molecule has 4 rings (SSSR count). The zero-order chi connectivity index (χ0) is 23.4. The standard InChI is InChI=1S/C26H24FN3O2S/c1-17-4-3-5-22(12-17)28-26(33)30(15-18-6-8-21(27)9-7-18)16-20-13-19-14-23(32-2)10-11-24(19)29-25(20)31/h3-14H,15-16H2,1-2H3,(H,28,33)(H,29,31). The highest BCUT2D eigenvalue weighted by Gasteiger charge is 2.15.